The molecule has 0 aromatic carbocycles. The maximum Gasteiger partial charge on any atom is 0.191 e. The lowest BCUT2D eigenvalue weighted by Gasteiger charge is -2.36. The van der Waals surface area contributed by atoms with Crippen LogP contribution in [-0.2, 0) is 15.9 Å². The minimum absolute atomic E-state index is 0. The molecule has 0 aliphatic carbocycles. The second kappa shape index (κ2) is 13.0. The molecule has 9 heteroatoms. The number of hydrogen-bond acceptors (Lipinski definition) is 6. The fourth-order valence-corrected chi connectivity index (χ4v) is 4.72. The van der Waals surface area contributed by atoms with Gasteiger partial charge in [-0.3, -0.25) is 9.89 Å². The average Bonchev–Trinajstić information content (AvgIpc) is 3.33. The van der Waals surface area contributed by atoms with Crippen molar-refractivity contribution < 1.29 is 9.47 Å². The topological polar surface area (TPSA) is 71.0 Å². The highest BCUT2D eigenvalue weighted by Gasteiger charge is 2.31. The number of rotatable bonds is 8. The summed E-state index contributed by atoms with van der Waals surface area (Å²) in [6.45, 7) is 14.1. The van der Waals surface area contributed by atoms with Crippen LogP contribution in [0.4, 0.5) is 0 Å². The molecule has 2 fully saturated rings. The molecule has 2 N–H and O–H groups in total. The molecule has 2 atom stereocenters. The van der Waals surface area contributed by atoms with Crippen LogP contribution >= 0.6 is 35.3 Å². The van der Waals surface area contributed by atoms with Crippen LogP contribution in [0.1, 0.15) is 28.9 Å². The third-order valence-corrected chi connectivity index (χ3v) is 6.64. The Morgan fingerprint density at radius 1 is 1.24 bits per heavy atom. The van der Waals surface area contributed by atoms with Gasteiger partial charge in [-0.2, -0.15) is 0 Å². The van der Waals surface area contributed by atoms with Crippen molar-refractivity contribution in [3.05, 3.63) is 15.6 Å². The van der Waals surface area contributed by atoms with Crippen LogP contribution in [-0.4, -0.2) is 81.0 Å². The second-order valence-electron chi connectivity index (χ2n) is 7.48. The van der Waals surface area contributed by atoms with Crippen LogP contribution in [0.25, 0.3) is 0 Å². The van der Waals surface area contributed by atoms with Crippen molar-refractivity contribution in [3.8, 4) is 0 Å². The summed E-state index contributed by atoms with van der Waals surface area (Å²) in [4.78, 5) is 13.4. The van der Waals surface area contributed by atoms with Crippen LogP contribution < -0.4 is 10.6 Å². The Balaban J connectivity index is 0.00000300. The smallest absolute Gasteiger partial charge is 0.191 e. The molecule has 2 aliphatic heterocycles. The predicted octanol–water partition coefficient (Wildman–Crippen LogP) is 2.21. The Hall–Kier alpha value is -0.490. The van der Waals surface area contributed by atoms with Gasteiger partial charge in [0.15, 0.2) is 5.96 Å². The summed E-state index contributed by atoms with van der Waals surface area (Å²) >= 11 is 1.79. The number of ether oxygens (including phenoxy) is 2. The van der Waals surface area contributed by atoms with Crippen molar-refractivity contribution in [1.82, 2.24) is 20.5 Å². The third-order valence-electron chi connectivity index (χ3n) is 5.51. The van der Waals surface area contributed by atoms with E-state index in [1.807, 2.05) is 0 Å². The van der Waals surface area contributed by atoms with Crippen LogP contribution in [0.2, 0.25) is 0 Å². The van der Waals surface area contributed by atoms with Gasteiger partial charge in [0.25, 0.3) is 0 Å². The summed E-state index contributed by atoms with van der Waals surface area (Å²) in [5.74, 6) is 1.45. The quantitative estimate of drug-likeness (QED) is 0.301. The van der Waals surface area contributed by atoms with E-state index in [0.29, 0.717) is 12.0 Å². The molecule has 166 valence electrons. The molecule has 2 saturated heterocycles. The van der Waals surface area contributed by atoms with Gasteiger partial charge < -0.3 is 20.1 Å². The summed E-state index contributed by atoms with van der Waals surface area (Å²) in [7, 11) is 0. The van der Waals surface area contributed by atoms with E-state index in [4.69, 9.17) is 14.5 Å². The number of thiazole rings is 1. The summed E-state index contributed by atoms with van der Waals surface area (Å²) in [5, 5.41) is 8.05. The lowest BCUT2D eigenvalue weighted by Crippen LogP contribution is -2.49. The number of aryl methyl sites for hydroxylation is 2. The number of hydrogen-bond donors (Lipinski definition) is 2. The zero-order valence-electron chi connectivity index (χ0n) is 17.9. The number of guanidine groups is 1. The molecule has 0 spiro atoms. The van der Waals surface area contributed by atoms with Gasteiger partial charge in [0.1, 0.15) is 0 Å². The van der Waals surface area contributed by atoms with E-state index < -0.39 is 0 Å². The summed E-state index contributed by atoms with van der Waals surface area (Å²) in [6.07, 6.45) is 2.05. The molecular formula is C20H36IN5O2S. The van der Waals surface area contributed by atoms with E-state index in [1.165, 1.54) is 9.88 Å². The Bertz CT molecular complexity index is 611. The normalized spacial score (nSPS) is 21.6. The molecule has 0 radical (unpaired) electrons. The number of nitrogens with one attached hydrogen (secondary N) is 2. The minimum Gasteiger partial charge on any atom is -0.381 e. The first-order chi connectivity index (χ1) is 13.7. The van der Waals surface area contributed by atoms with Gasteiger partial charge in [-0.05, 0) is 27.2 Å². The van der Waals surface area contributed by atoms with Gasteiger partial charge in [-0.1, -0.05) is 0 Å². The zero-order valence-corrected chi connectivity index (χ0v) is 21.1. The van der Waals surface area contributed by atoms with Gasteiger partial charge in [-0.25, -0.2) is 4.98 Å². The molecule has 2 aliphatic rings. The number of nitrogens with zero attached hydrogens (tertiary/aromatic N) is 3. The summed E-state index contributed by atoms with van der Waals surface area (Å²) < 4.78 is 11.2. The minimum atomic E-state index is 0. The van der Waals surface area contributed by atoms with E-state index >= 15 is 0 Å². The molecule has 29 heavy (non-hydrogen) atoms. The molecule has 1 aromatic rings. The number of aromatic nitrogens is 1. The summed E-state index contributed by atoms with van der Waals surface area (Å²) in [6, 6.07) is 0.422. The van der Waals surface area contributed by atoms with Gasteiger partial charge >= 0.3 is 0 Å². The van der Waals surface area contributed by atoms with Crippen molar-refractivity contribution >= 4 is 41.3 Å². The van der Waals surface area contributed by atoms with Gasteiger partial charge in [-0.15, -0.1) is 35.3 Å². The van der Waals surface area contributed by atoms with Crippen molar-refractivity contribution in [3.63, 3.8) is 0 Å². The monoisotopic (exact) mass is 537 g/mol. The maximum atomic E-state index is 5.67. The molecule has 2 unspecified atom stereocenters. The molecule has 1 aromatic heterocycles. The standard InChI is InChI=1S/C20H35N5O2S.HI/c1-4-21-20(22-7-5-19-24-15(2)16(3)28-19)23-13-18(17-6-10-27-14-17)25-8-11-26-12-9-25;/h17-18H,4-14H2,1-3H3,(H2,21,22,23);1H. The molecule has 3 rings (SSSR count). The molecule has 0 saturated carbocycles. The molecule has 3 heterocycles. The van der Waals surface area contributed by atoms with Crippen molar-refractivity contribution in [2.45, 2.75) is 39.7 Å². The lowest BCUT2D eigenvalue weighted by atomic mass is 9.97. The maximum absolute atomic E-state index is 5.67. The van der Waals surface area contributed by atoms with Gasteiger partial charge in [0.2, 0.25) is 0 Å². The van der Waals surface area contributed by atoms with Crippen molar-refractivity contribution in [2.24, 2.45) is 10.9 Å². The number of morpholine rings is 1. The molecular weight excluding hydrogens is 501 g/mol. The SMILES string of the molecule is CCNC(=NCC(C1CCOC1)N1CCOCC1)NCCc1nc(C)c(C)s1.I. The van der Waals surface area contributed by atoms with Gasteiger partial charge in [0.05, 0.1) is 37.1 Å². The highest BCUT2D eigenvalue weighted by atomic mass is 127. The van der Waals surface area contributed by atoms with Crippen LogP contribution in [0.3, 0.4) is 0 Å². The Morgan fingerprint density at radius 2 is 2.03 bits per heavy atom. The molecule has 0 amide bonds. The Kier molecular flexibility index (Phi) is 11.1. The zero-order chi connectivity index (χ0) is 19.8. The fraction of sp³-hybridized carbons (Fsp3) is 0.800. The van der Waals surface area contributed by atoms with E-state index in [9.17, 15) is 0 Å². The van der Waals surface area contributed by atoms with Gasteiger partial charge in [0, 0.05) is 56.0 Å². The molecule has 7 nitrogen and oxygen atoms in total. The third kappa shape index (κ3) is 7.61. The predicted molar refractivity (Wildman–Crippen MR) is 130 cm³/mol. The van der Waals surface area contributed by atoms with Crippen molar-refractivity contribution in [2.75, 3.05) is 59.2 Å². The Labute approximate surface area is 196 Å². The number of aliphatic imine (C=N–C) groups is 1. The van der Waals surface area contributed by atoms with E-state index in [1.54, 1.807) is 11.3 Å². The molecule has 0 bridgehead atoms. The highest BCUT2D eigenvalue weighted by Crippen LogP contribution is 2.22. The van der Waals surface area contributed by atoms with Crippen LogP contribution in [0.5, 0.6) is 0 Å². The first-order valence-corrected chi connectivity index (χ1v) is 11.3. The Morgan fingerprint density at radius 3 is 2.66 bits per heavy atom. The highest BCUT2D eigenvalue weighted by molar-refractivity contribution is 14.0. The largest absolute Gasteiger partial charge is 0.381 e. The van der Waals surface area contributed by atoms with Crippen molar-refractivity contribution in [1.29, 1.82) is 0 Å². The van der Waals surface area contributed by atoms with E-state index in [0.717, 1.165) is 83.6 Å². The van der Waals surface area contributed by atoms with Crippen LogP contribution in [0, 0.1) is 19.8 Å². The van der Waals surface area contributed by atoms with E-state index in [2.05, 4.69) is 41.3 Å². The number of halogens is 1. The second-order valence-corrected chi connectivity index (χ2v) is 8.77. The fourth-order valence-electron chi connectivity index (χ4n) is 3.79. The van der Waals surface area contributed by atoms with Crippen LogP contribution in [0.15, 0.2) is 4.99 Å². The van der Waals surface area contributed by atoms with E-state index in [-0.39, 0.29) is 24.0 Å². The summed E-state index contributed by atoms with van der Waals surface area (Å²) in [5.41, 5.74) is 1.15. The first kappa shape index (κ1) is 24.8. The first-order valence-electron chi connectivity index (χ1n) is 10.5. The lowest BCUT2D eigenvalue weighted by molar-refractivity contribution is 0.00368. The average molecular weight is 538 g/mol.